The van der Waals surface area contributed by atoms with Gasteiger partial charge in [-0.15, -0.1) is 11.3 Å². The second kappa shape index (κ2) is 6.23. The number of hydrogen-bond donors (Lipinski definition) is 1. The van der Waals surface area contributed by atoms with Crippen LogP contribution in [0.2, 0.25) is 0 Å². The van der Waals surface area contributed by atoms with Gasteiger partial charge in [-0.25, -0.2) is 4.98 Å². The molecule has 1 aromatic heterocycles. The van der Waals surface area contributed by atoms with Gasteiger partial charge in [0.2, 0.25) is 0 Å². The summed E-state index contributed by atoms with van der Waals surface area (Å²) in [6.45, 7) is 4.81. The molecule has 0 bridgehead atoms. The van der Waals surface area contributed by atoms with E-state index in [1.807, 2.05) is 12.1 Å². The molecule has 0 aliphatic rings. The van der Waals surface area contributed by atoms with Crippen molar-refractivity contribution >= 4 is 39.2 Å². The lowest BCUT2D eigenvalue weighted by Gasteiger charge is -2.19. The fraction of sp³-hybridized carbons (Fsp3) is 0.333. The first-order valence-electron chi connectivity index (χ1n) is 6.66. The number of rotatable bonds is 4. The topological polar surface area (TPSA) is 85.4 Å². The van der Waals surface area contributed by atoms with Crippen LogP contribution in [0.25, 0.3) is 10.2 Å². The van der Waals surface area contributed by atoms with Crippen LogP contribution in [0.1, 0.15) is 30.6 Å². The number of aromatic nitrogens is 1. The van der Waals surface area contributed by atoms with Crippen molar-refractivity contribution in [1.29, 1.82) is 0 Å². The Kier molecular flexibility index (Phi) is 4.56. The molecule has 1 aromatic carbocycles. The van der Waals surface area contributed by atoms with E-state index in [4.69, 9.17) is 4.74 Å². The summed E-state index contributed by atoms with van der Waals surface area (Å²) in [5.41, 5.74) is 0.0227. The van der Waals surface area contributed by atoms with Crippen LogP contribution < -0.4 is 5.32 Å². The van der Waals surface area contributed by atoms with E-state index in [1.165, 1.54) is 0 Å². The zero-order valence-electron chi connectivity index (χ0n) is 12.5. The molecule has 116 valence electrons. The number of ether oxygens (including phenoxy) is 1. The maximum absolute atomic E-state index is 12.0. The zero-order valence-corrected chi connectivity index (χ0v) is 13.3. The summed E-state index contributed by atoms with van der Waals surface area (Å²) >= 11 is 1.14. The van der Waals surface area contributed by atoms with Crippen LogP contribution in [0.3, 0.4) is 0 Å². The lowest BCUT2D eigenvalue weighted by Crippen LogP contribution is -2.38. The number of Topliss-reactive ketones (excluding diaryl/α,β-unsaturated/α-hetero) is 1. The van der Waals surface area contributed by atoms with Gasteiger partial charge in [-0.05, 0) is 32.9 Å². The average Bonchev–Trinajstić information content (AvgIpc) is 2.85. The van der Waals surface area contributed by atoms with E-state index in [1.54, 1.807) is 32.9 Å². The third-order valence-corrected chi connectivity index (χ3v) is 3.54. The maximum atomic E-state index is 12.0. The van der Waals surface area contributed by atoms with Gasteiger partial charge in [0.15, 0.2) is 5.01 Å². The van der Waals surface area contributed by atoms with Crippen LogP contribution in [0.4, 0.5) is 0 Å². The van der Waals surface area contributed by atoms with Crippen molar-refractivity contribution in [3.05, 3.63) is 29.3 Å². The summed E-state index contributed by atoms with van der Waals surface area (Å²) in [5.74, 6) is -2.23. The summed E-state index contributed by atoms with van der Waals surface area (Å²) in [7, 11) is 0. The first-order valence-corrected chi connectivity index (χ1v) is 7.48. The largest absolute Gasteiger partial charge is 0.459 e. The molecule has 0 aliphatic heterocycles. The van der Waals surface area contributed by atoms with Crippen LogP contribution in [0.15, 0.2) is 24.3 Å². The molecule has 2 rings (SSSR count). The Labute approximate surface area is 131 Å². The quantitative estimate of drug-likeness (QED) is 0.528. The fourth-order valence-electron chi connectivity index (χ4n) is 1.68. The molecule has 0 saturated carbocycles. The Bertz CT molecular complexity index is 697. The third kappa shape index (κ3) is 4.11. The molecule has 0 radical (unpaired) electrons. The highest BCUT2D eigenvalue weighted by Gasteiger charge is 2.22. The van der Waals surface area contributed by atoms with E-state index < -0.39 is 23.3 Å². The SMILES string of the molecule is CC(C)(C)OC(=O)CNC(=O)C(=O)c1nc2ccccc2s1. The number of nitrogens with zero attached hydrogens (tertiary/aromatic N) is 1. The lowest BCUT2D eigenvalue weighted by molar-refractivity contribution is -0.154. The Morgan fingerprint density at radius 3 is 2.55 bits per heavy atom. The number of hydrogen-bond acceptors (Lipinski definition) is 6. The molecule has 1 N–H and O–H groups in total. The number of para-hydroxylation sites is 1. The lowest BCUT2D eigenvalue weighted by atomic mass is 10.2. The van der Waals surface area contributed by atoms with Gasteiger partial charge in [-0.2, -0.15) is 0 Å². The molecule has 0 saturated heterocycles. The highest BCUT2D eigenvalue weighted by molar-refractivity contribution is 7.21. The molecule has 0 fully saturated rings. The van der Waals surface area contributed by atoms with Crippen molar-refractivity contribution in [3.8, 4) is 0 Å². The summed E-state index contributed by atoms with van der Waals surface area (Å²) in [6.07, 6.45) is 0. The smallest absolute Gasteiger partial charge is 0.325 e. The highest BCUT2D eigenvalue weighted by atomic mass is 32.1. The fourth-order valence-corrected chi connectivity index (χ4v) is 2.58. The Morgan fingerprint density at radius 1 is 1.23 bits per heavy atom. The van der Waals surface area contributed by atoms with Crippen LogP contribution >= 0.6 is 11.3 Å². The van der Waals surface area contributed by atoms with Crippen molar-refractivity contribution in [2.24, 2.45) is 0 Å². The average molecular weight is 320 g/mol. The van der Waals surface area contributed by atoms with E-state index in [2.05, 4.69) is 10.3 Å². The van der Waals surface area contributed by atoms with Crippen LogP contribution in [0.5, 0.6) is 0 Å². The van der Waals surface area contributed by atoms with Crippen molar-refractivity contribution < 1.29 is 19.1 Å². The van der Waals surface area contributed by atoms with Crippen molar-refractivity contribution in [2.45, 2.75) is 26.4 Å². The minimum absolute atomic E-state index is 0.0999. The molecule has 2 aromatic rings. The molecule has 0 unspecified atom stereocenters. The number of esters is 1. The number of carbonyl (C=O) groups is 3. The minimum Gasteiger partial charge on any atom is -0.459 e. The number of fused-ring (bicyclic) bond motifs is 1. The summed E-state index contributed by atoms with van der Waals surface area (Å²) in [4.78, 5) is 39.4. The second-order valence-electron chi connectivity index (χ2n) is 5.58. The summed E-state index contributed by atoms with van der Waals surface area (Å²) < 4.78 is 5.87. The number of ketones is 1. The highest BCUT2D eigenvalue weighted by Crippen LogP contribution is 2.21. The summed E-state index contributed by atoms with van der Waals surface area (Å²) in [5, 5.41) is 2.35. The van der Waals surface area contributed by atoms with Crippen LogP contribution in [-0.4, -0.2) is 34.8 Å². The molecule has 1 amide bonds. The van der Waals surface area contributed by atoms with Gasteiger partial charge >= 0.3 is 5.97 Å². The molecular weight excluding hydrogens is 304 g/mol. The van der Waals surface area contributed by atoms with E-state index in [9.17, 15) is 14.4 Å². The molecular formula is C15H16N2O4S. The number of nitrogens with one attached hydrogen (secondary N) is 1. The van der Waals surface area contributed by atoms with E-state index in [0.717, 1.165) is 16.0 Å². The molecule has 22 heavy (non-hydrogen) atoms. The number of benzene rings is 1. The van der Waals surface area contributed by atoms with Gasteiger partial charge in [-0.3, -0.25) is 14.4 Å². The normalized spacial score (nSPS) is 11.2. The predicted molar refractivity (Wildman–Crippen MR) is 82.8 cm³/mol. The van der Waals surface area contributed by atoms with E-state index >= 15 is 0 Å². The number of amides is 1. The zero-order chi connectivity index (χ0) is 16.3. The van der Waals surface area contributed by atoms with Gasteiger partial charge in [0.1, 0.15) is 12.1 Å². The van der Waals surface area contributed by atoms with Gasteiger partial charge < -0.3 is 10.1 Å². The van der Waals surface area contributed by atoms with E-state index in [0.29, 0.717) is 5.52 Å². The molecule has 0 spiro atoms. The first kappa shape index (κ1) is 16.1. The van der Waals surface area contributed by atoms with Gasteiger partial charge in [0.05, 0.1) is 10.2 Å². The Hall–Kier alpha value is -2.28. The van der Waals surface area contributed by atoms with Gasteiger partial charge in [0, 0.05) is 0 Å². The van der Waals surface area contributed by atoms with Crippen molar-refractivity contribution in [3.63, 3.8) is 0 Å². The third-order valence-electron chi connectivity index (χ3n) is 2.51. The predicted octanol–water partition coefficient (Wildman–Crippen LogP) is 1.94. The minimum atomic E-state index is -0.870. The molecule has 0 atom stereocenters. The van der Waals surface area contributed by atoms with Crippen molar-refractivity contribution in [2.75, 3.05) is 6.54 Å². The molecule has 7 heteroatoms. The van der Waals surface area contributed by atoms with Crippen LogP contribution in [-0.2, 0) is 14.3 Å². The van der Waals surface area contributed by atoms with Crippen LogP contribution in [0, 0.1) is 0 Å². The standard InChI is InChI=1S/C15H16N2O4S/c1-15(2,3)21-11(18)8-16-13(20)12(19)14-17-9-6-4-5-7-10(9)22-14/h4-7H,8H2,1-3H3,(H,16,20). The van der Waals surface area contributed by atoms with Crippen molar-refractivity contribution in [1.82, 2.24) is 10.3 Å². The van der Waals surface area contributed by atoms with Gasteiger partial charge in [-0.1, -0.05) is 12.1 Å². The molecule has 1 heterocycles. The Balaban J connectivity index is 1.97. The second-order valence-corrected chi connectivity index (χ2v) is 6.62. The number of thiazole rings is 1. The number of carbonyl (C=O) groups excluding carboxylic acids is 3. The molecule has 0 aliphatic carbocycles. The molecule has 6 nitrogen and oxygen atoms in total. The Morgan fingerprint density at radius 2 is 1.91 bits per heavy atom. The maximum Gasteiger partial charge on any atom is 0.325 e. The van der Waals surface area contributed by atoms with Gasteiger partial charge in [0.25, 0.3) is 11.7 Å². The van der Waals surface area contributed by atoms with E-state index in [-0.39, 0.29) is 11.6 Å². The first-order chi connectivity index (χ1) is 10.3. The monoisotopic (exact) mass is 320 g/mol. The summed E-state index contributed by atoms with van der Waals surface area (Å²) in [6, 6.07) is 7.22.